The van der Waals surface area contributed by atoms with Crippen LogP contribution in [0.5, 0.6) is 11.5 Å². The van der Waals surface area contributed by atoms with Gasteiger partial charge in [0.1, 0.15) is 0 Å². The van der Waals surface area contributed by atoms with Crippen molar-refractivity contribution in [3.63, 3.8) is 0 Å². The molecule has 0 bridgehead atoms. The average molecular weight is 444 g/mol. The lowest BCUT2D eigenvalue weighted by Crippen LogP contribution is -2.45. The minimum Gasteiger partial charge on any atom is -0.493 e. The molecule has 1 N–H and O–H groups in total. The van der Waals surface area contributed by atoms with Crippen molar-refractivity contribution in [3.05, 3.63) is 22.2 Å². The minimum absolute atomic E-state index is 0. The number of nitrogens with one attached hydrogen (secondary N) is 1. The molecule has 1 heterocycles. The topological polar surface area (TPSA) is 33.7 Å². The van der Waals surface area contributed by atoms with Crippen LogP contribution in [0.3, 0.4) is 0 Å². The van der Waals surface area contributed by atoms with Crippen LogP contribution in [0.1, 0.15) is 31.9 Å². The molecule has 1 aliphatic rings. The number of hydrogen-bond acceptors (Lipinski definition) is 4. The number of halogens is 3. The van der Waals surface area contributed by atoms with Crippen LogP contribution < -0.4 is 14.8 Å². The van der Waals surface area contributed by atoms with E-state index < -0.39 is 0 Å². The van der Waals surface area contributed by atoms with Crippen molar-refractivity contribution in [1.82, 2.24) is 10.2 Å². The van der Waals surface area contributed by atoms with Crippen LogP contribution >= 0.6 is 40.7 Å². The van der Waals surface area contributed by atoms with Gasteiger partial charge in [0, 0.05) is 36.7 Å². The van der Waals surface area contributed by atoms with Gasteiger partial charge >= 0.3 is 0 Å². The van der Waals surface area contributed by atoms with Crippen LogP contribution in [-0.4, -0.2) is 45.3 Å². The van der Waals surface area contributed by atoms with Gasteiger partial charge in [0.2, 0.25) is 0 Å². The molecule has 1 aromatic rings. The molecule has 2 rings (SSSR count). The molecule has 1 fully saturated rings. The van der Waals surface area contributed by atoms with Crippen LogP contribution in [0.25, 0.3) is 0 Å². The monoisotopic (exact) mass is 442 g/mol. The highest BCUT2D eigenvalue weighted by Crippen LogP contribution is 2.40. The second kappa shape index (κ2) is 11.4. The molecular weight excluding hydrogens is 415 g/mol. The fraction of sp³-hybridized carbons (Fsp3) is 0.647. The summed E-state index contributed by atoms with van der Waals surface area (Å²) in [6, 6.07) is 4.54. The number of hydrogen-bond donors (Lipinski definition) is 1. The maximum Gasteiger partial charge on any atom is 0.161 e. The molecule has 0 amide bonds. The molecule has 0 aromatic heterocycles. The average Bonchev–Trinajstić information content (AvgIpc) is 2.53. The number of ether oxygens (including phenoxy) is 2. The lowest BCUT2D eigenvalue weighted by Gasteiger charge is -2.36. The highest BCUT2D eigenvalue weighted by atomic mass is 79.9. The molecule has 7 heteroatoms. The van der Waals surface area contributed by atoms with E-state index in [-0.39, 0.29) is 24.8 Å². The normalized spacial score (nSPS) is 16.1. The molecule has 0 radical (unpaired) electrons. The van der Waals surface area contributed by atoms with Crippen molar-refractivity contribution in [3.8, 4) is 11.5 Å². The predicted molar refractivity (Wildman–Crippen MR) is 108 cm³/mol. The first-order valence-electron chi connectivity index (χ1n) is 7.93. The third kappa shape index (κ3) is 5.95. The van der Waals surface area contributed by atoms with Crippen molar-refractivity contribution < 1.29 is 9.47 Å². The first kappa shape index (κ1) is 23.8. The first-order valence-corrected chi connectivity index (χ1v) is 8.72. The van der Waals surface area contributed by atoms with E-state index in [1.165, 1.54) is 5.56 Å². The largest absolute Gasteiger partial charge is 0.493 e. The highest BCUT2D eigenvalue weighted by molar-refractivity contribution is 9.10. The highest BCUT2D eigenvalue weighted by Gasteiger charge is 2.26. The Morgan fingerprint density at radius 3 is 2.12 bits per heavy atom. The summed E-state index contributed by atoms with van der Waals surface area (Å²) in [5, 5.41) is 3.43. The van der Waals surface area contributed by atoms with E-state index in [9.17, 15) is 0 Å². The van der Waals surface area contributed by atoms with Gasteiger partial charge in [-0.3, -0.25) is 4.90 Å². The van der Waals surface area contributed by atoms with Gasteiger partial charge in [-0.2, -0.15) is 0 Å². The molecule has 140 valence electrons. The van der Waals surface area contributed by atoms with Gasteiger partial charge in [-0.1, -0.05) is 29.8 Å². The summed E-state index contributed by atoms with van der Waals surface area (Å²) in [7, 11) is 3.36. The fourth-order valence-electron chi connectivity index (χ4n) is 3.04. The van der Waals surface area contributed by atoms with Gasteiger partial charge in [-0.25, -0.2) is 0 Å². The maximum atomic E-state index is 5.50. The van der Waals surface area contributed by atoms with Crippen molar-refractivity contribution in [1.29, 1.82) is 0 Å². The first-order chi connectivity index (χ1) is 10.6. The summed E-state index contributed by atoms with van der Waals surface area (Å²) in [6.07, 6.45) is 1.13. The minimum atomic E-state index is 0. The number of piperazine rings is 1. The SMILES string of the molecule is COc1cc(Br)c([C@H](CC(C)C)N2CCNCC2)cc1OC.Cl.Cl. The van der Waals surface area contributed by atoms with Crippen LogP contribution in [0.4, 0.5) is 0 Å². The predicted octanol–water partition coefficient (Wildman–Crippen LogP) is 4.30. The van der Waals surface area contributed by atoms with Crippen LogP contribution in [-0.2, 0) is 0 Å². The smallest absolute Gasteiger partial charge is 0.161 e. The molecule has 1 aromatic carbocycles. The fourth-order valence-corrected chi connectivity index (χ4v) is 3.62. The van der Waals surface area contributed by atoms with Gasteiger partial charge in [0.15, 0.2) is 11.5 Å². The van der Waals surface area contributed by atoms with Gasteiger partial charge in [-0.05, 0) is 30.0 Å². The van der Waals surface area contributed by atoms with Gasteiger partial charge in [0.05, 0.1) is 14.2 Å². The Bertz CT molecular complexity index is 498. The molecule has 0 spiro atoms. The second-order valence-corrected chi connectivity index (χ2v) is 7.01. The Labute approximate surface area is 166 Å². The van der Waals surface area contributed by atoms with Crippen molar-refractivity contribution in [2.75, 3.05) is 40.4 Å². The molecular formula is C17H29BrCl2N2O2. The Morgan fingerprint density at radius 2 is 1.62 bits per heavy atom. The molecule has 0 unspecified atom stereocenters. The summed E-state index contributed by atoms with van der Waals surface area (Å²) in [5.41, 5.74) is 1.29. The molecule has 4 nitrogen and oxygen atoms in total. The zero-order valence-corrected chi connectivity index (χ0v) is 18.0. The van der Waals surface area contributed by atoms with E-state index in [1.54, 1.807) is 14.2 Å². The summed E-state index contributed by atoms with van der Waals surface area (Å²) < 4.78 is 12.0. The van der Waals surface area contributed by atoms with Gasteiger partial charge in [0.25, 0.3) is 0 Å². The van der Waals surface area contributed by atoms with Crippen molar-refractivity contribution >= 4 is 40.7 Å². The summed E-state index contributed by atoms with van der Waals surface area (Å²) in [4.78, 5) is 2.57. The Morgan fingerprint density at radius 1 is 1.08 bits per heavy atom. The lowest BCUT2D eigenvalue weighted by molar-refractivity contribution is 0.153. The molecule has 0 saturated carbocycles. The van der Waals surface area contributed by atoms with Gasteiger partial charge < -0.3 is 14.8 Å². The quantitative estimate of drug-likeness (QED) is 0.710. The van der Waals surface area contributed by atoms with Crippen LogP contribution in [0.15, 0.2) is 16.6 Å². The van der Waals surface area contributed by atoms with E-state index in [0.29, 0.717) is 12.0 Å². The van der Waals surface area contributed by atoms with E-state index in [4.69, 9.17) is 9.47 Å². The number of benzene rings is 1. The molecule has 0 aliphatic carbocycles. The van der Waals surface area contributed by atoms with Crippen LogP contribution in [0, 0.1) is 5.92 Å². The third-order valence-electron chi connectivity index (χ3n) is 4.15. The second-order valence-electron chi connectivity index (χ2n) is 6.16. The van der Waals surface area contributed by atoms with Crippen molar-refractivity contribution in [2.45, 2.75) is 26.3 Å². The lowest BCUT2D eigenvalue weighted by atomic mass is 9.94. The number of methoxy groups -OCH3 is 2. The van der Waals surface area contributed by atoms with Crippen molar-refractivity contribution in [2.24, 2.45) is 5.92 Å². The number of rotatable bonds is 6. The van der Waals surface area contributed by atoms with Gasteiger partial charge in [-0.15, -0.1) is 24.8 Å². The summed E-state index contributed by atoms with van der Waals surface area (Å²) in [5.74, 6) is 2.20. The standard InChI is InChI=1S/C17H27BrN2O2.2ClH/c1-12(2)9-15(20-7-5-19-6-8-20)13-10-16(21-3)17(22-4)11-14(13)18;;/h10-12,15,19H,5-9H2,1-4H3;2*1H/t15-;;/m0../s1. The Kier molecular flexibility index (Phi) is 11.3. The van der Waals surface area contributed by atoms with E-state index in [0.717, 1.165) is 48.6 Å². The van der Waals surface area contributed by atoms with E-state index in [2.05, 4.69) is 46.1 Å². The molecule has 1 saturated heterocycles. The summed E-state index contributed by atoms with van der Waals surface area (Å²) >= 11 is 3.73. The maximum absolute atomic E-state index is 5.50. The van der Waals surface area contributed by atoms with E-state index >= 15 is 0 Å². The number of nitrogens with zero attached hydrogens (tertiary/aromatic N) is 1. The Hall–Kier alpha value is -0.200. The zero-order chi connectivity index (χ0) is 16.1. The Balaban J connectivity index is 0.00000264. The molecule has 1 atom stereocenters. The molecule has 1 aliphatic heterocycles. The summed E-state index contributed by atoms with van der Waals surface area (Å²) in [6.45, 7) is 8.84. The van der Waals surface area contributed by atoms with E-state index in [1.807, 2.05) is 6.07 Å². The third-order valence-corrected chi connectivity index (χ3v) is 4.84. The zero-order valence-electron chi connectivity index (χ0n) is 14.8. The molecule has 24 heavy (non-hydrogen) atoms. The van der Waals surface area contributed by atoms with Crippen LogP contribution in [0.2, 0.25) is 0 Å².